The van der Waals surface area contributed by atoms with Crippen molar-refractivity contribution in [3.63, 3.8) is 0 Å². The number of rotatable bonds is 4. The number of benzene rings is 2. The third-order valence-corrected chi connectivity index (χ3v) is 3.25. The van der Waals surface area contributed by atoms with E-state index in [1.807, 2.05) is 26.0 Å². The van der Waals surface area contributed by atoms with E-state index in [0.717, 1.165) is 17.2 Å². The van der Waals surface area contributed by atoms with Gasteiger partial charge in [-0.15, -0.1) is 0 Å². The molecule has 1 unspecified atom stereocenters. The molecule has 0 aliphatic heterocycles. The Morgan fingerprint density at radius 2 is 1.85 bits per heavy atom. The van der Waals surface area contributed by atoms with Crippen LogP contribution in [0.25, 0.3) is 0 Å². The summed E-state index contributed by atoms with van der Waals surface area (Å²) in [6.07, 6.45) is 0. The van der Waals surface area contributed by atoms with Gasteiger partial charge in [0.25, 0.3) is 0 Å². The number of nitrogens with one attached hydrogen (secondary N) is 1. The maximum atomic E-state index is 13.1. The second-order valence-corrected chi connectivity index (χ2v) is 4.91. The van der Waals surface area contributed by atoms with Gasteiger partial charge in [0.15, 0.2) is 11.6 Å². The van der Waals surface area contributed by atoms with Gasteiger partial charge in [-0.1, -0.05) is 23.8 Å². The minimum atomic E-state index is -0.852. The maximum Gasteiger partial charge on any atom is 0.159 e. The highest BCUT2D eigenvalue weighted by atomic mass is 19.2. The van der Waals surface area contributed by atoms with Gasteiger partial charge in [0.1, 0.15) is 5.75 Å². The Morgan fingerprint density at radius 1 is 1.10 bits per heavy atom. The molecule has 2 nitrogen and oxygen atoms in total. The van der Waals surface area contributed by atoms with Gasteiger partial charge in [0.05, 0.1) is 0 Å². The number of halogens is 2. The van der Waals surface area contributed by atoms with Gasteiger partial charge in [-0.2, -0.15) is 0 Å². The molecule has 0 saturated carbocycles. The highest BCUT2D eigenvalue weighted by molar-refractivity contribution is 5.37. The maximum absolute atomic E-state index is 13.1. The second kappa shape index (κ2) is 6.01. The van der Waals surface area contributed by atoms with Crippen LogP contribution in [0.1, 0.15) is 29.7 Å². The van der Waals surface area contributed by atoms with Crippen LogP contribution in [0.5, 0.6) is 5.75 Å². The van der Waals surface area contributed by atoms with Gasteiger partial charge < -0.3 is 10.4 Å². The molecule has 2 aromatic rings. The van der Waals surface area contributed by atoms with Gasteiger partial charge in [-0.3, -0.25) is 0 Å². The van der Waals surface area contributed by atoms with Crippen LogP contribution in [0.15, 0.2) is 36.4 Å². The molecule has 2 rings (SSSR count). The van der Waals surface area contributed by atoms with Crippen LogP contribution in [0.2, 0.25) is 0 Å². The van der Waals surface area contributed by atoms with Gasteiger partial charge in [0, 0.05) is 18.2 Å². The van der Waals surface area contributed by atoms with Crippen molar-refractivity contribution in [2.45, 2.75) is 26.4 Å². The second-order valence-electron chi connectivity index (χ2n) is 4.91. The lowest BCUT2D eigenvalue weighted by atomic mass is 10.0. The minimum Gasteiger partial charge on any atom is -0.508 e. The third kappa shape index (κ3) is 3.33. The summed E-state index contributed by atoms with van der Waals surface area (Å²) in [6, 6.07) is 9.11. The normalized spacial score (nSPS) is 12.4. The smallest absolute Gasteiger partial charge is 0.159 e. The summed E-state index contributed by atoms with van der Waals surface area (Å²) >= 11 is 0. The molecule has 20 heavy (non-hydrogen) atoms. The van der Waals surface area contributed by atoms with Crippen LogP contribution in [-0.2, 0) is 6.54 Å². The summed E-state index contributed by atoms with van der Waals surface area (Å²) in [5.74, 6) is -1.48. The molecule has 2 aromatic carbocycles. The molecule has 106 valence electrons. The zero-order valence-electron chi connectivity index (χ0n) is 11.5. The summed E-state index contributed by atoms with van der Waals surface area (Å²) in [4.78, 5) is 0. The Hall–Kier alpha value is -1.94. The molecule has 0 spiro atoms. The zero-order chi connectivity index (χ0) is 14.7. The van der Waals surface area contributed by atoms with Gasteiger partial charge >= 0.3 is 0 Å². The number of hydrogen-bond donors (Lipinski definition) is 2. The van der Waals surface area contributed by atoms with Crippen LogP contribution < -0.4 is 5.32 Å². The van der Waals surface area contributed by atoms with Gasteiger partial charge in [0.2, 0.25) is 0 Å². The van der Waals surface area contributed by atoms with E-state index in [1.54, 1.807) is 6.07 Å². The predicted octanol–water partition coefficient (Wildman–Crippen LogP) is 3.83. The zero-order valence-corrected chi connectivity index (χ0v) is 11.5. The van der Waals surface area contributed by atoms with Crippen LogP contribution in [0, 0.1) is 18.6 Å². The summed E-state index contributed by atoms with van der Waals surface area (Å²) in [7, 11) is 0. The van der Waals surface area contributed by atoms with Crippen molar-refractivity contribution in [3.8, 4) is 5.75 Å². The fourth-order valence-electron chi connectivity index (χ4n) is 2.05. The first-order valence-corrected chi connectivity index (χ1v) is 6.44. The lowest BCUT2D eigenvalue weighted by Crippen LogP contribution is -2.18. The van der Waals surface area contributed by atoms with E-state index in [2.05, 4.69) is 5.32 Å². The Labute approximate surface area is 117 Å². The summed E-state index contributed by atoms with van der Waals surface area (Å²) in [5, 5.41) is 13.0. The Kier molecular flexibility index (Phi) is 4.35. The molecule has 0 aromatic heterocycles. The molecule has 0 radical (unpaired) electrons. The van der Waals surface area contributed by atoms with Crippen molar-refractivity contribution < 1.29 is 13.9 Å². The first kappa shape index (κ1) is 14.5. The Bertz CT molecular complexity index is 613. The van der Waals surface area contributed by atoms with Crippen LogP contribution in [0.3, 0.4) is 0 Å². The first-order valence-electron chi connectivity index (χ1n) is 6.44. The van der Waals surface area contributed by atoms with E-state index in [9.17, 15) is 13.9 Å². The molecular weight excluding hydrogens is 260 g/mol. The molecule has 0 bridgehead atoms. The third-order valence-electron chi connectivity index (χ3n) is 3.25. The topological polar surface area (TPSA) is 32.3 Å². The number of phenols is 1. The predicted molar refractivity (Wildman–Crippen MR) is 74.5 cm³/mol. The van der Waals surface area contributed by atoms with Crippen molar-refractivity contribution in [1.82, 2.24) is 5.32 Å². The SMILES string of the molecule is Cc1ccc(O)c(C(C)NCc2ccc(F)c(F)c2)c1. The molecule has 0 aliphatic carbocycles. The Balaban J connectivity index is 2.06. The highest BCUT2D eigenvalue weighted by Gasteiger charge is 2.10. The quantitative estimate of drug-likeness (QED) is 0.890. The molecule has 0 aliphatic rings. The molecule has 0 saturated heterocycles. The van der Waals surface area contributed by atoms with Crippen molar-refractivity contribution in [2.75, 3.05) is 0 Å². The van der Waals surface area contributed by atoms with E-state index < -0.39 is 11.6 Å². The van der Waals surface area contributed by atoms with Crippen LogP contribution >= 0.6 is 0 Å². The number of hydrogen-bond acceptors (Lipinski definition) is 2. The molecule has 4 heteroatoms. The van der Waals surface area contributed by atoms with Crippen molar-refractivity contribution in [2.24, 2.45) is 0 Å². The number of aromatic hydroxyl groups is 1. The van der Waals surface area contributed by atoms with Crippen molar-refractivity contribution in [3.05, 3.63) is 64.7 Å². The average molecular weight is 277 g/mol. The van der Waals surface area contributed by atoms with E-state index in [0.29, 0.717) is 12.1 Å². The van der Waals surface area contributed by atoms with Crippen LogP contribution in [-0.4, -0.2) is 5.11 Å². The molecule has 0 amide bonds. The van der Waals surface area contributed by atoms with Crippen molar-refractivity contribution in [1.29, 1.82) is 0 Å². The minimum absolute atomic E-state index is 0.0944. The van der Waals surface area contributed by atoms with E-state index >= 15 is 0 Å². The number of phenolic OH excluding ortho intramolecular Hbond substituents is 1. The van der Waals surface area contributed by atoms with E-state index in [4.69, 9.17) is 0 Å². The Morgan fingerprint density at radius 3 is 2.55 bits per heavy atom. The van der Waals surface area contributed by atoms with E-state index in [1.165, 1.54) is 12.1 Å². The first-order chi connectivity index (χ1) is 9.47. The average Bonchev–Trinajstić information content (AvgIpc) is 2.42. The van der Waals surface area contributed by atoms with Gasteiger partial charge in [-0.25, -0.2) is 8.78 Å². The van der Waals surface area contributed by atoms with Gasteiger partial charge in [-0.05, 0) is 37.6 Å². The van der Waals surface area contributed by atoms with E-state index in [-0.39, 0.29) is 11.8 Å². The highest BCUT2D eigenvalue weighted by Crippen LogP contribution is 2.25. The lowest BCUT2D eigenvalue weighted by molar-refractivity contribution is 0.451. The lowest BCUT2D eigenvalue weighted by Gasteiger charge is -2.16. The van der Waals surface area contributed by atoms with Crippen molar-refractivity contribution >= 4 is 0 Å². The molecule has 2 N–H and O–H groups in total. The largest absolute Gasteiger partial charge is 0.508 e. The molecule has 1 atom stereocenters. The summed E-state index contributed by atoms with van der Waals surface area (Å²) < 4.78 is 25.9. The molecule has 0 fully saturated rings. The summed E-state index contributed by atoms with van der Waals surface area (Å²) in [5.41, 5.74) is 2.50. The molecule has 0 heterocycles. The molecular formula is C16H17F2NO. The fourth-order valence-corrected chi connectivity index (χ4v) is 2.05. The monoisotopic (exact) mass is 277 g/mol. The fraction of sp³-hybridized carbons (Fsp3) is 0.250. The van der Waals surface area contributed by atoms with Crippen LogP contribution in [0.4, 0.5) is 8.78 Å². The standard InChI is InChI=1S/C16H17F2NO/c1-10-3-6-16(20)13(7-10)11(2)19-9-12-4-5-14(17)15(18)8-12/h3-8,11,19-20H,9H2,1-2H3. The summed E-state index contributed by atoms with van der Waals surface area (Å²) in [6.45, 7) is 4.26. The number of aryl methyl sites for hydroxylation is 1.